The Kier molecular flexibility index (Phi) is 3.88. The fraction of sp³-hybridized carbons (Fsp3) is 0.182. The third-order valence-corrected chi connectivity index (χ3v) is 2.00. The predicted molar refractivity (Wildman–Crippen MR) is 54.0 cm³/mol. The fourth-order valence-corrected chi connectivity index (χ4v) is 1.05. The standard InChI is InChI=1S/C11H9F4NO/c12-10(13)11(14,15)9(16)6-8(17)7-4-2-1-3-5-7/h1-6,10H,16H2/b9-6-. The van der Waals surface area contributed by atoms with Gasteiger partial charge in [0.15, 0.2) is 5.78 Å². The van der Waals surface area contributed by atoms with E-state index in [9.17, 15) is 22.4 Å². The predicted octanol–water partition coefficient (Wildman–Crippen LogP) is 2.61. The highest BCUT2D eigenvalue weighted by atomic mass is 19.3. The molecule has 0 atom stereocenters. The van der Waals surface area contributed by atoms with Crippen LogP contribution in [0, 0.1) is 0 Å². The number of halogens is 4. The molecule has 1 aromatic rings. The van der Waals surface area contributed by atoms with E-state index in [4.69, 9.17) is 5.73 Å². The molecule has 0 bridgehead atoms. The first kappa shape index (κ1) is 13.2. The van der Waals surface area contributed by atoms with E-state index >= 15 is 0 Å². The molecule has 0 unspecified atom stereocenters. The van der Waals surface area contributed by atoms with E-state index in [-0.39, 0.29) is 5.56 Å². The number of carbonyl (C=O) groups excluding carboxylic acids is 1. The Morgan fingerprint density at radius 3 is 2.24 bits per heavy atom. The normalized spacial score (nSPS) is 12.9. The van der Waals surface area contributed by atoms with Gasteiger partial charge in [0.25, 0.3) is 0 Å². The number of nitrogens with two attached hydrogens (primary N) is 1. The molecule has 1 aromatic carbocycles. The van der Waals surface area contributed by atoms with E-state index in [1.54, 1.807) is 6.07 Å². The highest BCUT2D eigenvalue weighted by Gasteiger charge is 2.43. The largest absolute Gasteiger partial charge is 0.397 e. The van der Waals surface area contributed by atoms with Crippen LogP contribution in [0.25, 0.3) is 0 Å². The molecule has 0 amide bonds. The van der Waals surface area contributed by atoms with Gasteiger partial charge in [-0.2, -0.15) is 8.78 Å². The summed E-state index contributed by atoms with van der Waals surface area (Å²) in [4.78, 5) is 11.4. The van der Waals surface area contributed by atoms with E-state index in [2.05, 4.69) is 0 Å². The van der Waals surface area contributed by atoms with Crippen molar-refractivity contribution in [2.75, 3.05) is 0 Å². The Morgan fingerprint density at radius 2 is 1.76 bits per heavy atom. The molecule has 2 nitrogen and oxygen atoms in total. The Labute approximate surface area is 94.7 Å². The second kappa shape index (κ2) is 4.99. The van der Waals surface area contributed by atoms with Crippen LogP contribution in [0.3, 0.4) is 0 Å². The Hall–Kier alpha value is -1.85. The van der Waals surface area contributed by atoms with E-state index in [0.717, 1.165) is 0 Å². The van der Waals surface area contributed by atoms with Gasteiger partial charge in [-0.25, -0.2) is 8.78 Å². The molecule has 0 aliphatic carbocycles. The van der Waals surface area contributed by atoms with Crippen molar-refractivity contribution in [3.8, 4) is 0 Å². The molecule has 6 heteroatoms. The van der Waals surface area contributed by atoms with Gasteiger partial charge in [-0.3, -0.25) is 4.79 Å². The summed E-state index contributed by atoms with van der Waals surface area (Å²) in [6.45, 7) is 0. The molecule has 0 heterocycles. The minimum absolute atomic E-state index is 0.0977. The number of ketones is 1. The number of allylic oxidation sites excluding steroid dienone is 2. The van der Waals surface area contributed by atoms with E-state index in [0.29, 0.717) is 6.08 Å². The molecular weight excluding hydrogens is 238 g/mol. The molecule has 17 heavy (non-hydrogen) atoms. The van der Waals surface area contributed by atoms with Gasteiger partial charge in [0.1, 0.15) is 0 Å². The summed E-state index contributed by atoms with van der Waals surface area (Å²) < 4.78 is 49.3. The van der Waals surface area contributed by atoms with Crippen LogP contribution in [0.2, 0.25) is 0 Å². The van der Waals surface area contributed by atoms with Crippen molar-refractivity contribution in [1.82, 2.24) is 0 Å². The van der Waals surface area contributed by atoms with Crippen molar-refractivity contribution < 1.29 is 22.4 Å². The molecular formula is C11H9F4NO. The Balaban J connectivity index is 2.94. The average Bonchev–Trinajstić information content (AvgIpc) is 2.29. The maximum absolute atomic E-state index is 12.7. The lowest BCUT2D eigenvalue weighted by Gasteiger charge is -2.14. The number of carbonyl (C=O) groups is 1. The summed E-state index contributed by atoms with van der Waals surface area (Å²) >= 11 is 0. The molecule has 0 aliphatic rings. The molecule has 0 saturated carbocycles. The maximum Gasteiger partial charge on any atom is 0.346 e. The molecule has 0 radical (unpaired) electrons. The van der Waals surface area contributed by atoms with Gasteiger partial charge in [0.2, 0.25) is 0 Å². The van der Waals surface area contributed by atoms with Crippen LogP contribution >= 0.6 is 0 Å². The number of hydrogen-bond acceptors (Lipinski definition) is 2. The zero-order valence-electron chi connectivity index (χ0n) is 8.54. The minimum Gasteiger partial charge on any atom is -0.397 e. The monoisotopic (exact) mass is 247 g/mol. The zero-order chi connectivity index (χ0) is 13.1. The molecule has 0 aromatic heterocycles. The summed E-state index contributed by atoms with van der Waals surface area (Å²) in [7, 11) is 0. The van der Waals surface area contributed by atoms with Crippen LogP contribution in [0.4, 0.5) is 17.6 Å². The van der Waals surface area contributed by atoms with Gasteiger partial charge >= 0.3 is 12.3 Å². The van der Waals surface area contributed by atoms with Crippen molar-refractivity contribution in [1.29, 1.82) is 0 Å². The lowest BCUT2D eigenvalue weighted by atomic mass is 10.1. The lowest BCUT2D eigenvalue weighted by Crippen LogP contribution is -2.33. The average molecular weight is 247 g/mol. The van der Waals surface area contributed by atoms with Gasteiger partial charge in [-0.1, -0.05) is 30.3 Å². The third kappa shape index (κ3) is 3.05. The van der Waals surface area contributed by atoms with Crippen molar-refractivity contribution in [3.63, 3.8) is 0 Å². The quantitative estimate of drug-likeness (QED) is 0.505. The second-order valence-corrected chi connectivity index (χ2v) is 3.25. The van der Waals surface area contributed by atoms with Crippen LogP contribution in [0.15, 0.2) is 42.1 Å². The van der Waals surface area contributed by atoms with Gasteiger partial charge < -0.3 is 5.73 Å². The first-order valence-corrected chi connectivity index (χ1v) is 4.58. The first-order valence-electron chi connectivity index (χ1n) is 4.58. The molecule has 0 fully saturated rings. The number of benzene rings is 1. The molecule has 0 spiro atoms. The van der Waals surface area contributed by atoms with Gasteiger partial charge in [0.05, 0.1) is 5.70 Å². The summed E-state index contributed by atoms with van der Waals surface area (Å²) in [6, 6.07) is 7.39. The van der Waals surface area contributed by atoms with Crippen molar-refractivity contribution in [2.45, 2.75) is 12.3 Å². The Morgan fingerprint density at radius 1 is 1.24 bits per heavy atom. The summed E-state index contributed by atoms with van der Waals surface area (Å²) in [5, 5.41) is 0. The van der Waals surface area contributed by atoms with Crippen LogP contribution in [-0.2, 0) is 0 Å². The van der Waals surface area contributed by atoms with Crippen molar-refractivity contribution >= 4 is 5.78 Å². The van der Waals surface area contributed by atoms with E-state index < -0.39 is 23.8 Å². The van der Waals surface area contributed by atoms with Crippen LogP contribution in [-0.4, -0.2) is 18.1 Å². The summed E-state index contributed by atoms with van der Waals surface area (Å²) in [6.07, 6.45) is -3.62. The Bertz CT molecular complexity index is 428. The third-order valence-electron chi connectivity index (χ3n) is 2.00. The van der Waals surface area contributed by atoms with Gasteiger partial charge in [-0.05, 0) is 0 Å². The molecule has 0 saturated heterocycles. The first-order chi connectivity index (χ1) is 7.85. The van der Waals surface area contributed by atoms with Gasteiger partial charge in [-0.15, -0.1) is 0 Å². The summed E-state index contributed by atoms with van der Waals surface area (Å²) in [5.41, 5.74) is 3.46. The smallest absolute Gasteiger partial charge is 0.346 e. The summed E-state index contributed by atoms with van der Waals surface area (Å²) in [5.74, 6) is -5.34. The highest BCUT2D eigenvalue weighted by Crippen LogP contribution is 2.28. The molecule has 1 rings (SSSR count). The van der Waals surface area contributed by atoms with Gasteiger partial charge in [0, 0.05) is 11.6 Å². The number of hydrogen-bond donors (Lipinski definition) is 1. The molecule has 2 N–H and O–H groups in total. The SMILES string of the molecule is N/C(=C\C(=O)c1ccccc1)C(F)(F)C(F)F. The fourth-order valence-electron chi connectivity index (χ4n) is 1.05. The van der Waals surface area contributed by atoms with Crippen molar-refractivity contribution in [2.24, 2.45) is 5.73 Å². The van der Waals surface area contributed by atoms with E-state index in [1.807, 2.05) is 0 Å². The van der Waals surface area contributed by atoms with Crippen LogP contribution < -0.4 is 5.73 Å². The van der Waals surface area contributed by atoms with E-state index in [1.165, 1.54) is 24.3 Å². The molecule has 0 aliphatic heterocycles. The lowest BCUT2D eigenvalue weighted by molar-refractivity contribution is -0.100. The number of alkyl halides is 4. The zero-order valence-corrected chi connectivity index (χ0v) is 8.54. The topological polar surface area (TPSA) is 43.1 Å². The second-order valence-electron chi connectivity index (χ2n) is 3.25. The van der Waals surface area contributed by atoms with Crippen molar-refractivity contribution in [3.05, 3.63) is 47.7 Å². The number of rotatable bonds is 4. The highest BCUT2D eigenvalue weighted by molar-refractivity contribution is 6.04. The van der Waals surface area contributed by atoms with Crippen LogP contribution in [0.1, 0.15) is 10.4 Å². The minimum atomic E-state index is -4.50. The van der Waals surface area contributed by atoms with Crippen LogP contribution in [0.5, 0.6) is 0 Å². The molecule has 92 valence electrons. The maximum atomic E-state index is 12.7.